The molecule has 1 aliphatic heterocycles. The van der Waals surface area contributed by atoms with E-state index in [4.69, 9.17) is 4.74 Å². The van der Waals surface area contributed by atoms with Gasteiger partial charge in [0.2, 0.25) is 0 Å². The Morgan fingerprint density at radius 3 is 3.18 bits per heavy atom. The number of amides is 1. The minimum Gasteiger partial charge on any atom is -0.466 e. The summed E-state index contributed by atoms with van der Waals surface area (Å²) in [6.07, 6.45) is 2.08. The number of rotatable bonds is 3. The third-order valence-corrected chi connectivity index (χ3v) is 3.08. The molecule has 1 unspecified atom stereocenters. The summed E-state index contributed by atoms with van der Waals surface area (Å²) in [6, 6.07) is 1.67. The van der Waals surface area contributed by atoms with Gasteiger partial charge in [0.25, 0.3) is 5.91 Å². The second-order valence-electron chi connectivity index (χ2n) is 3.82. The summed E-state index contributed by atoms with van der Waals surface area (Å²) in [6.45, 7) is 2.60. The molecule has 1 amide bonds. The third kappa shape index (κ3) is 2.52. The van der Waals surface area contributed by atoms with Crippen LogP contribution in [0.2, 0.25) is 0 Å². The number of aromatic nitrogens is 1. The fourth-order valence-electron chi connectivity index (χ4n) is 1.91. The number of carbonyl (C=O) groups is 2. The van der Waals surface area contributed by atoms with Crippen LogP contribution >= 0.6 is 15.9 Å². The Labute approximate surface area is 107 Å². The number of hydrogen-bond acceptors (Lipinski definition) is 3. The molecule has 0 fully saturated rings. The molecule has 0 saturated heterocycles. The maximum atomic E-state index is 11.6. The van der Waals surface area contributed by atoms with Gasteiger partial charge >= 0.3 is 5.97 Å². The zero-order valence-corrected chi connectivity index (χ0v) is 11.0. The summed E-state index contributed by atoms with van der Waals surface area (Å²) in [5.41, 5.74) is 0.567. The van der Waals surface area contributed by atoms with Crippen LogP contribution in [-0.4, -0.2) is 29.6 Å². The van der Waals surface area contributed by atoms with E-state index in [-0.39, 0.29) is 24.3 Å². The van der Waals surface area contributed by atoms with Gasteiger partial charge in [0.1, 0.15) is 5.69 Å². The first-order valence-electron chi connectivity index (χ1n) is 5.43. The highest BCUT2D eigenvalue weighted by atomic mass is 79.9. The Hall–Kier alpha value is -1.30. The van der Waals surface area contributed by atoms with E-state index in [0.29, 0.717) is 18.8 Å². The van der Waals surface area contributed by atoms with Gasteiger partial charge in [-0.05, 0) is 28.9 Å². The molecule has 1 atom stereocenters. The molecule has 92 valence electrons. The largest absolute Gasteiger partial charge is 0.466 e. The van der Waals surface area contributed by atoms with Crippen molar-refractivity contribution in [3.8, 4) is 0 Å². The third-order valence-electron chi connectivity index (χ3n) is 2.65. The van der Waals surface area contributed by atoms with Crippen LogP contribution in [0.1, 0.15) is 29.9 Å². The van der Waals surface area contributed by atoms with Crippen LogP contribution in [0.3, 0.4) is 0 Å². The van der Waals surface area contributed by atoms with Crippen molar-refractivity contribution in [2.75, 3.05) is 13.2 Å². The van der Waals surface area contributed by atoms with Crippen LogP contribution in [0, 0.1) is 0 Å². The van der Waals surface area contributed by atoms with Crippen LogP contribution in [-0.2, 0) is 9.53 Å². The topological polar surface area (TPSA) is 60.3 Å². The minimum absolute atomic E-state index is 0.0759. The summed E-state index contributed by atoms with van der Waals surface area (Å²) in [7, 11) is 0. The number of carbonyl (C=O) groups excluding carboxylic acids is 2. The zero-order valence-electron chi connectivity index (χ0n) is 9.40. The molecule has 1 aromatic heterocycles. The van der Waals surface area contributed by atoms with Gasteiger partial charge in [-0.2, -0.15) is 0 Å². The van der Waals surface area contributed by atoms with Gasteiger partial charge in [-0.3, -0.25) is 9.59 Å². The molecule has 0 bridgehead atoms. The van der Waals surface area contributed by atoms with E-state index in [2.05, 4.69) is 21.2 Å². The molecule has 6 heteroatoms. The highest BCUT2D eigenvalue weighted by molar-refractivity contribution is 9.10. The molecule has 2 heterocycles. The lowest BCUT2D eigenvalue weighted by atomic mass is 10.1. The molecule has 0 radical (unpaired) electrons. The first kappa shape index (κ1) is 12.2. The van der Waals surface area contributed by atoms with Crippen LogP contribution < -0.4 is 5.32 Å². The number of ether oxygens (including phenoxy) is 1. The second-order valence-corrected chi connectivity index (χ2v) is 4.74. The van der Waals surface area contributed by atoms with Crippen molar-refractivity contribution in [1.82, 2.24) is 9.88 Å². The maximum Gasteiger partial charge on any atom is 0.307 e. The molecular formula is C11H13BrN2O3. The highest BCUT2D eigenvalue weighted by Crippen LogP contribution is 2.24. The molecule has 1 N–H and O–H groups in total. The average molecular weight is 301 g/mol. The Bertz CT molecular complexity index is 456. The predicted molar refractivity (Wildman–Crippen MR) is 64.8 cm³/mol. The maximum absolute atomic E-state index is 11.6. The average Bonchev–Trinajstić information content (AvgIpc) is 2.66. The van der Waals surface area contributed by atoms with E-state index in [1.807, 2.05) is 10.8 Å². The standard InChI is InChI=1S/C11H13BrN2O3/c1-2-17-10(15)4-8-5-13-11(16)9-3-7(12)6-14(8)9/h3,6,8H,2,4-5H2,1H3,(H,13,16). The predicted octanol–water partition coefficient (Wildman–Crippen LogP) is 1.49. The fraction of sp³-hybridized carbons (Fsp3) is 0.455. The molecule has 17 heavy (non-hydrogen) atoms. The Morgan fingerprint density at radius 2 is 2.47 bits per heavy atom. The van der Waals surface area contributed by atoms with Crippen molar-refractivity contribution in [3.63, 3.8) is 0 Å². The normalized spacial score (nSPS) is 18.5. The van der Waals surface area contributed by atoms with E-state index in [1.54, 1.807) is 13.0 Å². The van der Waals surface area contributed by atoms with E-state index in [1.165, 1.54) is 0 Å². The smallest absolute Gasteiger partial charge is 0.307 e. The Balaban J connectivity index is 2.18. The molecule has 2 rings (SSSR count). The van der Waals surface area contributed by atoms with Crippen molar-refractivity contribution in [3.05, 3.63) is 22.4 Å². The molecule has 5 nitrogen and oxygen atoms in total. The van der Waals surface area contributed by atoms with Crippen molar-refractivity contribution >= 4 is 27.8 Å². The van der Waals surface area contributed by atoms with Crippen molar-refractivity contribution in [2.24, 2.45) is 0 Å². The summed E-state index contributed by atoms with van der Waals surface area (Å²) in [5, 5.41) is 2.76. The monoisotopic (exact) mass is 300 g/mol. The number of halogens is 1. The van der Waals surface area contributed by atoms with E-state index in [0.717, 1.165) is 4.47 Å². The van der Waals surface area contributed by atoms with Gasteiger partial charge in [-0.15, -0.1) is 0 Å². The SMILES string of the molecule is CCOC(=O)CC1CNC(=O)c2cc(Br)cn21. The summed E-state index contributed by atoms with van der Waals surface area (Å²) in [5.74, 6) is -0.361. The van der Waals surface area contributed by atoms with Gasteiger partial charge < -0.3 is 14.6 Å². The lowest BCUT2D eigenvalue weighted by molar-refractivity contribution is -0.144. The number of nitrogens with one attached hydrogen (secondary N) is 1. The van der Waals surface area contributed by atoms with Crippen LogP contribution in [0.25, 0.3) is 0 Å². The second kappa shape index (κ2) is 4.91. The number of nitrogens with zero attached hydrogens (tertiary/aromatic N) is 1. The Kier molecular flexibility index (Phi) is 3.51. The molecule has 0 spiro atoms. The fourth-order valence-corrected chi connectivity index (χ4v) is 2.35. The lowest BCUT2D eigenvalue weighted by Gasteiger charge is -2.25. The van der Waals surface area contributed by atoms with Crippen LogP contribution in [0.5, 0.6) is 0 Å². The van der Waals surface area contributed by atoms with Gasteiger partial charge in [0.05, 0.1) is 19.1 Å². The first-order valence-corrected chi connectivity index (χ1v) is 6.22. The molecule has 1 aliphatic rings. The van der Waals surface area contributed by atoms with Gasteiger partial charge in [-0.1, -0.05) is 0 Å². The zero-order chi connectivity index (χ0) is 12.4. The molecule has 1 aromatic rings. The van der Waals surface area contributed by atoms with Gasteiger partial charge in [-0.25, -0.2) is 0 Å². The number of hydrogen-bond donors (Lipinski definition) is 1. The van der Waals surface area contributed by atoms with Crippen LogP contribution in [0.15, 0.2) is 16.7 Å². The molecule has 0 aromatic carbocycles. The molecule has 0 saturated carbocycles. The van der Waals surface area contributed by atoms with E-state index < -0.39 is 0 Å². The Morgan fingerprint density at radius 1 is 1.71 bits per heavy atom. The van der Waals surface area contributed by atoms with Gasteiger partial charge in [0.15, 0.2) is 0 Å². The van der Waals surface area contributed by atoms with E-state index in [9.17, 15) is 9.59 Å². The van der Waals surface area contributed by atoms with Crippen molar-refractivity contribution in [2.45, 2.75) is 19.4 Å². The minimum atomic E-state index is -0.246. The molecular weight excluding hydrogens is 288 g/mol. The summed E-state index contributed by atoms with van der Waals surface area (Å²) >= 11 is 3.33. The van der Waals surface area contributed by atoms with Crippen LogP contribution in [0.4, 0.5) is 0 Å². The highest BCUT2D eigenvalue weighted by Gasteiger charge is 2.27. The van der Waals surface area contributed by atoms with Gasteiger partial charge in [0, 0.05) is 17.2 Å². The number of esters is 1. The van der Waals surface area contributed by atoms with E-state index >= 15 is 0 Å². The van der Waals surface area contributed by atoms with Crippen molar-refractivity contribution in [1.29, 1.82) is 0 Å². The quantitative estimate of drug-likeness (QED) is 0.860. The molecule has 0 aliphatic carbocycles. The summed E-state index contributed by atoms with van der Waals surface area (Å²) in [4.78, 5) is 23.0. The van der Waals surface area contributed by atoms with Crippen molar-refractivity contribution < 1.29 is 14.3 Å². The lowest BCUT2D eigenvalue weighted by Crippen LogP contribution is -2.39. The number of fused-ring (bicyclic) bond motifs is 1. The first-order chi connectivity index (χ1) is 8.11. The summed E-state index contributed by atoms with van der Waals surface area (Å²) < 4.78 is 7.57.